The largest absolute Gasteiger partial charge is 0.481 e. The predicted octanol–water partition coefficient (Wildman–Crippen LogP) is 2.40. The molecule has 6 heteroatoms. The second kappa shape index (κ2) is 6.26. The van der Waals surface area contributed by atoms with E-state index in [1.165, 1.54) is 0 Å². The lowest BCUT2D eigenvalue weighted by Crippen LogP contribution is -2.40. The molecule has 0 saturated heterocycles. The summed E-state index contributed by atoms with van der Waals surface area (Å²) in [5.41, 5.74) is 6.64. The average Bonchev–Trinajstić information content (AvgIpc) is 2.38. The number of halogens is 1. The fourth-order valence-corrected chi connectivity index (χ4v) is 2.93. The van der Waals surface area contributed by atoms with Gasteiger partial charge in [0.2, 0.25) is 0 Å². The molecule has 0 heterocycles. The molecule has 1 saturated carbocycles. The first-order chi connectivity index (χ1) is 9.47. The van der Waals surface area contributed by atoms with Crippen LogP contribution in [0.2, 0.25) is 0 Å². The number of hydrogen-bond donors (Lipinski definition) is 3. The summed E-state index contributed by atoms with van der Waals surface area (Å²) in [6.07, 6.45) is 2.79. The molecule has 0 aromatic heterocycles. The molecule has 0 aliphatic heterocycles. The van der Waals surface area contributed by atoms with Crippen LogP contribution < -0.4 is 11.1 Å². The molecule has 1 amide bonds. The molecule has 1 aliphatic carbocycles. The molecular formula is C14H17BrN2O3. The maximum Gasteiger partial charge on any atom is 0.306 e. The van der Waals surface area contributed by atoms with Gasteiger partial charge < -0.3 is 16.2 Å². The highest BCUT2D eigenvalue weighted by Crippen LogP contribution is 2.25. The van der Waals surface area contributed by atoms with Crippen molar-refractivity contribution >= 4 is 33.5 Å². The van der Waals surface area contributed by atoms with Gasteiger partial charge in [-0.15, -0.1) is 0 Å². The Hall–Kier alpha value is -1.56. The fraction of sp³-hybridized carbons (Fsp3) is 0.429. The van der Waals surface area contributed by atoms with Gasteiger partial charge in [-0.05, 0) is 37.5 Å². The molecule has 4 N–H and O–H groups in total. The molecule has 0 radical (unpaired) electrons. The zero-order valence-corrected chi connectivity index (χ0v) is 12.5. The standard InChI is InChI=1S/C14H17BrN2O3/c15-9-4-5-11(12(16)7-9)13(18)17-10-3-1-2-8(6-10)14(19)20/h4-5,7-8,10H,1-3,6,16H2,(H,17,18)(H,19,20). The number of amides is 1. The van der Waals surface area contributed by atoms with Crippen LogP contribution in [0, 0.1) is 5.92 Å². The Morgan fingerprint density at radius 2 is 2.10 bits per heavy atom. The van der Waals surface area contributed by atoms with Crippen LogP contribution in [0.25, 0.3) is 0 Å². The van der Waals surface area contributed by atoms with E-state index in [0.29, 0.717) is 24.1 Å². The molecule has 1 aromatic rings. The quantitative estimate of drug-likeness (QED) is 0.736. The number of hydrogen-bond acceptors (Lipinski definition) is 3. The minimum Gasteiger partial charge on any atom is -0.481 e. The minimum absolute atomic E-state index is 0.0969. The second-order valence-electron chi connectivity index (χ2n) is 5.10. The van der Waals surface area contributed by atoms with Gasteiger partial charge in [0.1, 0.15) is 0 Å². The number of carbonyl (C=O) groups excluding carboxylic acids is 1. The third-order valence-corrected chi connectivity index (χ3v) is 4.11. The maximum atomic E-state index is 12.2. The van der Waals surface area contributed by atoms with Crippen LogP contribution in [0.3, 0.4) is 0 Å². The number of rotatable bonds is 3. The maximum absolute atomic E-state index is 12.2. The number of anilines is 1. The number of nitrogens with two attached hydrogens (primary N) is 1. The zero-order chi connectivity index (χ0) is 14.7. The van der Waals surface area contributed by atoms with E-state index >= 15 is 0 Å². The lowest BCUT2D eigenvalue weighted by atomic mass is 9.85. The van der Waals surface area contributed by atoms with E-state index in [1.807, 2.05) is 0 Å². The van der Waals surface area contributed by atoms with Crippen molar-refractivity contribution in [2.45, 2.75) is 31.7 Å². The van der Waals surface area contributed by atoms with Gasteiger partial charge in [0.25, 0.3) is 5.91 Å². The minimum atomic E-state index is -0.785. The molecular weight excluding hydrogens is 324 g/mol. The highest BCUT2D eigenvalue weighted by atomic mass is 79.9. The molecule has 5 nitrogen and oxygen atoms in total. The Labute approximate surface area is 125 Å². The summed E-state index contributed by atoms with van der Waals surface area (Å²) in [5, 5.41) is 11.9. The summed E-state index contributed by atoms with van der Waals surface area (Å²) in [4.78, 5) is 23.2. The van der Waals surface area contributed by atoms with Crippen molar-refractivity contribution in [2.75, 3.05) is 5.73 Å². The molecule has 2 rings (SSSR count). The molecule has 1 fully saturated rings. The van der Waals surface area contributed by atoms with E-state index in [-0.39, 0.29) is 17.9 Å². The van der Waals surface area contributed by atoms with Crippen molar-refractivity contribution in [2.24, 2.45) is 5.92 Å². The van der Waals surface area contributed by atoms with Crippen molar-refractivity contribution in [3.8, 4) is 0 Å². The summed E-state index contributed by atoms with van der Waals surface area (Å²) in [5.74, 6) is -1.39. The first-order valence-corrected chi connectivity index (χ1v) is 7.35. The SMILES string of the molecule is Nc1cc(Br)ccc1C(=O)NC1CCCC(C(=O)O)C1. The average molecular weight is 341 g/mol. The first kappa shape index (κ1) is 14.8. The Bertz CT molecular complexity index is 533. The number of carbonyl (C=O) groups is 2. The molecule has 108 valence electrons. The van der Waals surface area contributed by atoms with Gasteiger partial charge in [-0.1, -0.05) is 22.4 Å². The summed E-state index contributed by atoms with van der Waals surface area (Å²) in [6, 6.07) is 4.99. The van der Waals surface area contributed by atoms with E-state index < -0.39 is 5.97 Å². The number of benzene rings is 1. The van der Waals surface area contributed by atoms with Gasteiger partial charge >= 0.3 is 5.97 Å². The van der Waals surface area contributed by atoms with Crippen molar-refractivity contribution in [3.63, 3.8) is 0 Å². The van der Waals surface area contributed by atoms with Crippen molar-refractivity contribution in [1.82, 2.24) is 5.32 Å². The predicted molar refractivity (Wildman–Crippen MR) is 79.4 cm³/mol. The van der Waals surface area contributed by atoms with Crippen LogP contribution in [0.5, 0.6) is 0 Å². The lowest BCUT2D eigenvalue weighted by molar-refractivity contribution is -0.143. The molecule has 2 unspecified atom stereocenters. The Kier molecular flexibility index (Phi) is 4.65. The zero-order valence-electron chi connectivity index (χ0n) is 10.9. The van der Waals surface area contributed by atoms with Crippen molar-refractivity contribution < 1.29 is 14.7 Å². The topological polar surface area (TPSA) is 92.4 Å². The van der Waals surface area contributed by atoms with Crippen molar-refractivity contribution in [3.05, 3.63) is 28.2 Å². The monoisotopic (exact) mass is 340 g/mol. The lowest BCUT2D eigenvalue weighted by Gasteiger charge is -2.27. The van der Waals surface area contributed by atoms with Crippen LogP contribution in [0.15, 0.2) is 22.7 Å². The van der Waals surface area contributed by atoms with Crippen LogP contribution in [0.1, 0.15) is 36.0 Å². The molecule has 20 heavy (non-hydrogen) atoms. The summed E-state index contributed by atoms with van der Waals surface area (Å²) >= 11 is 3.29. The normalized spacial score (nSPS) is 22.2. The molecule has 1 aromatic carbocycles. The Balaban J connectivity index is 2.02. The highest BCUT2D eigenvalue weighted by molar-refractivity contribution is 9.10. The van der Waals surface area contributed by atoms with Gasteiger partial charge in [0, 0.05) is 16.2 Å². The second-order valence-corrected chi connectivity index (χ2v) is 6.02. The van der Waals surface area contributed by atoms with Crippen LogP contribution in [0.4, 0.5) is 5.69 Å². The fourth-order valence-electron chi connectivity index (χ4n) is 2.55. The van der Waals surface area contributed by atoms with E-state index in [9.17, 15) is 9.59 Å². The first-order valence-electron chi connectivity index (χ1n) is 6.56. The van der Waals surface area contributed by atoms with E-state index in [2.05, 4.69) is 21.2 Å². The van der Waals surface area contributed by atoms with Gasteiger partial charge in [-0.25, -0.2) is 0 Å². The number of nitrogens with one attached hydrogen (secondary N) is 1. The number of aliphatic carboxylic acids is 1. The van der Waals surface area contributed by atoms with E-state index in [4.69, 9.17) is 10.8 Å². The highest BCUT2D eigenvalue weighted by Gasteiger charge is 2.28. The van der Waals surface area contributed by atoms with E-state index in [0.717, 1.165) is 17.3 Å². The smallest absolute Gasteiger partial charge is 0.306 e. The summed E-state index contributed by atoms with van der Waals surface area (Å²) < 4.78 is 0.815. The number of carboxylic acid groups (broad SMARTS) is 1. The third-order valence-electron chi connectivity index (χ3n) is 3.62. The summed E-state index contributed by atoms with van der Waals surface area (Å²) in [7, 11) is 0. The number of carboxylic acids is 1. The van der Waals surface area contributed by atoms with Crippen LogP contribution >= 0.6 is 15.9 Å². The van der Waals surface area contributed by atoms with Gasteiger partial charge in [0.15, 0.2) is 0 Å². The van der Waals surface area contributed by atoms with Crippen molar-refractivity contribution in [1.29, 1.82) is 0 Å². The molecule has 0 spiro atoms. The molecule has 2 atom stereocenters. The number of nitrogen functional groups attached to an aromatic ring is 1. The molecule has 0 bridgehead atoms. The van der Waals surface area contributed by atoms with Gasteiger partial charge in [-0.2, -0.15) is 0 Å². The Morgan fingerprint density at radius 1 is 1.35 bits per heavy atom. The van der Waals surface area contributed by atoms with Crippen LogP contribution in [-0.2, 0) is 4.79 Å². The molecule has 1 aliphatic rings. The van der Waals surface area contributed by atoms with Gasteiger partial charge in [-0.3, -0.25) is 9.59 Å². The third kappa shape index (κ3) is 3.50. The van der Waals surface area contributed by atoms with Crippen LogP contribution in [-0.4, -0.2) is 23.0 Å². The Morgan fingerprint density at radius 3 is 2.75 bits per heavy atom. The van der Waals surface area contributed by atoms with E-state index in [1.54, 1.807) is 18.2 Å². The summed E-state index contributed by atoms with van der Waals surface area (Å²) in [6.45, 7) is 0. The van der Waals surface area contributed by atoms with Gasteiger partial charge in [0.05, 0.1) is 11.5 Å².